The number of nitrogens with one attached hydrogen (secondary N) is 1. The molecule has 0 radical (unpaired) electrons. The normalized spacial score (nSPS) is 15.9. The van der Waals surface area contributed by atoms with Crippen molar-refractivity contribution in [2.45, 2.75) is 13.0 Å². The lowest BCUT2D eigenvalue weighted by Crippen LogP contribution is -2.38. The molecule has 2 N–H and O–H groups in total. The van der Waals surface area contributed by atoms with Gasteiger partial charge in [-0.2, -0.15) is 0 Å². The number of rotatable bonds is 2. The van der Waals surface area contributed by atoms with Crippen molar-refractivity contribution >= 4 is 16.9 Å². The van der Waals surface area contributed by atoms with E-state index in [0.29, 0.717) is 36.8 Å². The van der Waals surface area contributed by atoms with Gasteiger partial charge in [-0.3, -0.25) is 4.79 Å². The van der Waals surface area contributed by atoms with Gasteiger partial charge in [0.15, 0.2) is 0 Å². The molecule has 2 heterocycles. The van der Waals surface area contributed by atoms with Gasteiger partial charge in [0, 0.05) is 6.54 Å². The molecule has 3 rings (SSSR count). The fourth-order valence-electron chi connectivity index (χ4n) is 2.26. The first-order valence-corrected chi connectivity index (χ1v) is 6.25. The van der Waals surface area contributed by atoms with Crippen LogP contribution in [0.1, 0.15) is 22.6 Å². The van der Waals surface area contributed by atoms with Crippen LogP contribution in [-0.4, -0.2) is 45.8 Å². The van der Waals surface area contributed by atoms with E-state index in [1.54, 1.807) is 17.0 Å². The lowest BCUT2D eigenvalue weighted by atomic mass is 10.1. The zero-order valence-corrected chi connectivity index (χ0v) is 10.4. The molecule has 1 amide bonds. The van der Waals surface area contributed by atoms with Gasteiger partial charge in [0.1, 0.15) is 24.7 Å². The average molecular weight is 261 g/mol. The van der Waals surface area contributed by atoms with Gasteiger partial charge >= 0.3 is 0 Å². The Labute approximate surface area is 110 Å². The maximum Gasteiger partial charge on any atom is 0.257 e. The number of hydrogen-bond acceptors (Lipinski definition) is 4. The van der Waals surface area contributed by atoms with Crippen molar-refractivity contribution in [2.75, 3.05) is 19.9 Å². The zero-order chi connectivity index (χ0) is 13.2. The van der Waals surface area contributed by atoms with Gasteiger partial charge in [0.25, 0.3) is 5.91 Å². The molecule has 6 nitrogen and oxygen atoms in total. The van der Waals surface area contributed by atoms with Crippen molar-refractivity contribution in [3.8, 4) is 0 Å². The van der Waals surface area contributed by atoms with E-state index in [0.717, 1.165) is 11.9 Å². The van der Waals surface area contributed by atoms with Crippen molar-refractivity contribution in [1.29, 1.82) is 0 Å². The minimum Gasteiger partial charge on any atom is -0.388 e. The molecule has 19 heavy (non-hydrogen) atoms. The summed E-state index contributed by atoms with van der Waals surface area (Å²) in [6.45, 7) is 1.55. The minimum atomic E-state index is -0.171. The van der Waals surface area contributed by atoms with Crippen LogP contribution >= 0.6 is 0 Å². The SMILES string of the molecule is O=C(c1cccc2[nH]c(CO)nc12)N1CCCOC1. The fraction of sp³-hybridized carbons (Fsp3) is 0.385. The highest BCUT2D eigenvalue weighted by molar-refractivity contribution is 6.04. The van der Waals surface area contributed by atoms with Crippen LogP contribution < -0.4 is 0 Å². The molecule has 0 spiro atoms. The summed E-state index contributed by atoms with van der Waals surface area (Å²) in [6, 6.07) is 5.39. The van der Waals surface area contributed by atoms with Gasteiger partial charge in [-0.1, -0.05) is 6.07 Å². The minimum absolute atomic E-state index is 0.0821. The number of imidazole rings is 1. The molecular formula is C13H15N3O3. The number of benzene rings is 1. The van der Waals surface area contributed by atoms with E-state index in [9.17, 15) is 4.79 Å². The summed E-state index contributed by atoms with van der Waals surface area (Å²) >= 11 is 0. The van der Waals surface area contributed by atoms with E-state index in [2.05, 4.69) is 9.97 Å². The first-order chi connectivity index (χ1) is 9.29. The van der Waals surface area contributed by atoms with Crippen molar-refractivity contribution in [3.63, 3.8) is 0 Å². The number of aliphatic hydroxyl groups is 1. The van der Waals surface area contributed by atoms with Crippen LogP contribution in [0, 0.1) is 0 Å². The number of aliphatic hydroxyl groups excluding tert-OH is 1. The maximum absolute atomic E-state index is 12.4. The summed E-state index contributed by atoms with van der Waals surface area (Å²) < 4.78 is 5.30. The summed E-state index contributed by atoms with van der Waals surface area (Å²) in [5.74, 6) is 0.381. The summed E-state index contributed by atoms with van der Waals surface area (Å²) in [7, 11) is 0. The van der Waals surface area contributed by atoms with E-state index < -0.39 is 0 Å². The Hall–Kier alpha value is -1.92. The average Bonchev–Trinajstić information content (AvgIpc) is 2.90. The summed E-state index contributed by atoms with van der Waals surface area (Å²) in [4.78, 5) is 21.3. The van der Waals surface area contributed by atoms with Gasteiger partial charge in [-0.05, 0) is 18.6 Å². The predicted molar refractivity (Wildman–Crippen MR) is 68.5 cm³/mol. The Balaban J connectivity index is 1.99. The van der Waals surface area contributed by atoms with Crippen molar-refractivity contribution < 1.29 is 14.6 Å². The first kappa shape index (κ1) is 12.1. The third-order valence-corrected chi connectivity index (χ3v) is 3.19. The Morgan fingerprint density at radius 2 is 2.42 bits per heavy atom. The molecule has 1 aromatic carbocycles. The van der Waals surface area contributed by atoms with Crippen LogP contribution in [0.2, 0.25) is 0 Å². The number of carbonyl (C=O) groups excluding carboxylic acids is 1. The zero-order valence-electron chi connectivity index (χ0n) is 10.4. The first-order valence-electron chi connectivity index (χ1n) is 6.25. The van der Waals surface area contributed by atoms with E-state index >= 15 is 0 Å². The second kappa shape index (κ2) is 4.99. The Morgan fingerprint density at radius 1 is 1.53 bits per heavy atom. The summed E-state index contributed by atoms with van der Waals surface area (Å²) in [5, 5.41) is 9.11. The lowest BCUT2D eigenvalue weighted by molar-refractivity contribution is -0.00561. The number of nitrogens with zero attached hydrogens (tertiary/aromatic N) is 2. The molecule has 0 aliphatic carbocycles. The highest BCUT2D eigenvalue weighted by Gasteiger charge is 2.21. The van der Waals surface area contributed by atoms with Crippen LogP contribution in [-0.2, 0) is 11.3 Å². The molecule has 1 aromatic heterocycles. The molecule has 100 valence electrons. The Kier molecular flexibility index (Phi) is 3.18. The van der Waals surface area contributed by atoms with E-state index in [-0.39, 0.29) is 12.5 Å². The Bertz CT molecular complexity index is 602. The van der Waals surface area contributed by atoms with Crippen molar-refractivity contribution in [3.05, 3.63) is 29.6 Å². The highest BCUT2D eigenvalue weighted by Crippen LogP contribution is 2.19. The third kappa shape index (κ3) is 2.20. The van der Waals surface area contributed by atoms with Gasteiger partial charge in [-0.15, -0.1) is 0 Å². The van der Waals surface area contributed by atoms with Crippen LogP contribution in [0.25, 0.3) is 11.0 Å². The molecule has 6 heteroatoms. The van der Waals surface area contributed by atoms with Crippen LogP contribution in [0.15, 0.2) is 18.2 Å². The number of aromatic nitrogens is 2. The number of para-hydroxylation sites is 1. The smallest absolute Gasteiger partial charge is 0.257 e. The predicted octanol–water partition coefficient (Wildman–Crippen LogP) is 0.875. The van der Waals surface area contributed by atoms with Gasteiger partial charge in [0.05, 0.1) is 17.7 Å². The second-order valence-electron chi connectivity index (χ2n) is 4.50. The quantitative estimate of drug-likeness (QED) is 0.841. The maximum atomic E-state index is 12.4. The second-order valence-corrected chi connectivity index (χ2v) is 4.50. The molecule has 1 aliphatic rings. The van der Waals surface area contributed by atoms with Crippen LogP contribution in [0.5, 0.6) is 0 Å². The number of hydrogen-bond donors (Lipinski definition) is 2. The number of amides is 1. The number of H-pyrrole nitrogens is 1. The molecule has 1 saturated heterocycles. The molecule has 0 atom stereocenters. The largest absolute Gasteiger partial charge is 0.388 e. The van der Waals surface area contributed by atoms with E-state index in [4.69, 9.17) is 9.84 Å². The standard InChI is InChI=1S/C13H15N3O3/c17-7-11-14-10-4-1-3-9(12(10)15-11)13(18)16-5-2-6-19-8-16/h1,3-4,17H,2,5-8H2,(H,14,15). The fourth-order valence-corrected chi connectivity index (χ4v) is 2.26. The molecule has 0 saturated carbocycles. The molecule has 0 bridgehead atoms. The van der Waals surface area contributed by atoms with Crippen LogP contribution in [0.4, 0.5) is 0 Å². The summed E-state index contributed by atoms with van der Waals surface area (Å²) in [5.41, 5.74) is 1.90. The third-order valence-electron chi connectivity index (χ3n) is 3.19. The number of ether oxygens (including phenoxy) is 1. The van der Waals surface area contributed by atoms with E-state index in [1.807, 2.05) is 6.07 Å². The monoisotopic (exact) mass is 261 g/mol. The number of aromatic amines is 1. The topological polar surface area (TPSA) is 78.5 Å². The number of fused-ring (bicyclic) bond motifs is 1. The molecule has 2 aromatic rings. The van der Waals surface area contributed by atoms with Gasteiger partial charge < -0.3 is 19.7 Å². The van der Waals surface area contributed by atoms with Gasteiger partial charge in [-0.25, -0.2) is 4.98 Å². The Morgan fingerprint density at radius 3 is 3.16 bits per heavy atom. The van der Waals surface area contributed by atoms with Crippen LogP contribution in [0.3, 0.4) is 0 Å². The lowest BCUT2D eigenvalue weighted by Gasteiger charge is -2.26. The van der Waals surface area contributed by atoms with Crippen molar-refractivity contribution in [1.82, 2.24) is 14.9 Å². The van der Waals surface area contributed by atoms with Crippen molar-refractivity contribution in [2.24, 2.45) is 0 Å². The summed E-state index contributed by atoms with van der Waals surface area (Å²) in [6.07, 6.45) is 0.851. The molecular weight excluding hydrogens is 246 g/mol. The highest BCUT2D eigenvalue weighted by atomic mass is 16.5. The van der Waals surface area contributed by atoms with E-state index in [1.165, 1.54) is 0 Å². The molecule has 1 aliphatic heterocycles. The number of carbonyl (C=O) groups is 1. The van der Waals surface area contributed by atoms with Gasteiger partial charge in [0.2, 0.25) is 0 Å². The molecule has 1 fully saturated rings. The molecule has 0 unspecified atom stereocenters.